The summed E-state index contributed by atoms with van der Waals surface area (Å²) in [5.74, 6) is -1.90. The molecule has 0 unspecified atom stereocenters. The number of hydrogen-bond donors (Lipinski definition) is 0. The molecule has 0 aromatic heterocycles. The summed E-state index contributed by atoms with van der Waals surface area (Å²) in [6.45, 7) is 1.78. The zero-order valence-electron chi connectivity index (χ0n) is 13.6. The Morgan fingerprint density at radius 2 is 1.58 bits per heavy atom. The van der Waals surface area contributed by atoms with Crippen LogP contribution in [0.1, 0.15) is 5.56 Å². The number of benzene rings is 2. The molecule has 0 spiro atoms. The second kappa shape index (κ2) is 7.78. The molecule has 2 aromatic carbocycles. The molecule has 0 amide bonds. The van der Waals surface area contributed by atoms with Crippen molar-refractivity contribution >= 4 is 33.2 Å². The average Bonchev–Trinajstić information content (AvgIpc) is 2.58. The molecule has 0 radical (unpaired) electrons. The minimum atomic E-state index is -4.01. The zero-order chi connectivity index (χ0) is 18.9. The first-order valence-electron chi connectivity index (χ1n) is 7.89. The maximum atomic E-state index is 13.9. The highest BCUT2D eigenvalue weighted by Gasteiger charge is 2.31. The monoisotopic (exact) mass is 420 g/mol. The number of piperazine rings is 1. The molecule has 1 heterocycles. The maximum absolute atomic E-state index is 13.9. The van der Waals surface area contributed by atoms with Gasteiger partial charge >= 0.3 is 0 Å². The Bertz CT molecular complexity index is 897. The first kappa shape index (κ1) is 19.5. The van der Waals surface area contributed by atoms with Crippen LogP contribution >= 0.6 is 23.2 Å². The standard InChI is InChI=1S/C17H16Cl2F2N2O2S/c18-14-2-1-3-15(19)13(14)11-22-6-8-23(9-7-22)26(24,25)17-5-4-12(20)10-16(17)21/h1-5,10H,6-9,11H2. The molecular weight excluding hydrogens is 405 g/mol. The summed E-state index contributed by atoms with van der Waals surface area (Å²) in [5.41, 5.74) is 0.789. The number of hydrogen-bond acceptors (Lipinski definition) is 3. The molecule has 1 saturated heterocycles. The third-order valence-electron chi connectivity index (χ3n) is 4.29. The highest BCUT2D eigenvalue weighted by atomic mass is 35.5. The predicted molar refractivity (Wildman–Crippen MR) is 96.9 cm³/mol. The summed E-state index contributed by atoms with van der Waals surface area (Å²) in [7, 11) is -4.01. The minimum absolute atomic E-state index is 0.196. The Morgan fingerprint density at radius 1 is 0.962 bits per heavy atom. The van der Waals surface area contributed by atoms with Gasteiger partial charge in [-0.2, -0.15) is 4.31 Å². The van der Waals surface area contributed by atoms with E-state index in [1.54, 1.807) is 18.2 Å². The lowest BCUT2D eigenvalue weighted by Gasteiger charge is -2.34. The minimum Gasteiger partial charge on any atom is -0.296 e. The Labute approximate surface area is 161 Å². The van der Waals surface area contributed by atoms with Crippen LogP contribution in [-0.4, -0.2) is 43.8 Å². The van der Waals surface area contributed by atoms with Crippen molar-refractivity contribution in [1.82, 2.24) is 9.21 Å². The van der Waals surface area contributed by atoms with Gasteiger partial charge in [0, 0.05) is 54.4 Å². The van der Waals surface area contributed by atoms with Gasteiger partial charge in [-0.05, 0) is 24.3 Å². The lowest BCUT2D eigenvalue weighted by molar-refractivity contribution is 0.181. The maximum Gasteiger partial charge on any atom is 0.246 e. The molecule has 0 bridgehead atoms. The number of sulfonamides is 1. The predicted octanol–water partition coefficient (Wildman–Crippen LogP) is 3.78. The summed E-state index contributed by atoms with van der Waals surface area (Å²) in [4.78, 5) is 1.52. The molecule has 4 nitrogen and oxygen atoms in total. The van der Waals surface area contributed by atoms with E-state index < -0.39 is 26.6 Å². The van der Waals surface area contributed by atoms with Crippen LogP contribution in [0.15, 0.2) is 41.3 Å². The molecule has 1 aliphatic heterocycles. The summed E-state index contributed by atoms with van der Waals surface area (Å²) in [6, 6.07) is 7.72. The van der Waals surface area contributed by atoms with Crippen LogP contribution in [0.25, 0.3) is 0 Å². The molecule has 0 atom stereocenters. The Kier molecular flexibility index (Phi) is 5.84. The van der Waals surface area contributed by atoms with Crippen LogP contribution in [0, 0.1) is 11.6 Å². The first-order chi connectivity index (χ1) is 12.3. The molecule has 26 heavy (non-hydrogen) atoms. The highest BCUT2D eigenvalue weighted by molar-refractivity contribution is 7.89. The van der Waals surface area contributed by atoms with Crippen molar-refractivity contribution < 1.29 is 17.2 Å². The van der Waals surface area contributed by atoms with Gasteiger partial charge in [-0.3, -0.25) is 4.90 Å². The molecule has 0 N–H and O–H groups in total. The van der Waals surface area contributed by atoms with Crippen molar-refractivity contribution in [2.75, 3.05) is 26.2 Å². The number of rotatable bonds is 4. The van der Waals surface area contributed by atoms with Crippen molar-refractivity contribution in [2.24, 2.45) is 0 Å². The van der Waals surface area contributed by atoms with Crippen molar-refractivity contribution in [3.63, 3.8) is 0 Å². The Morgan fingerprint density at radius 3 is 2.15 bits per heavy atom. The van der Waals surface area contributed by atoms with Gasteiger partial charge < -0.3 is 0 Å². The topological polar surface area (TPSA) is 40.6 Å². The molecule has 1 aliphatic rings. The third-order valence-corrected chi connectivity index (χ3v) is 6.93. The van der Waals surface area contributed by atoms with Crippen LogP contribution in [0.4, 0.5) is 8.78 Å². The lowest BCUT2D eigenvalue weighted by Crippen LogP contribution is -2.48. The number of nitrogens with zero attached hydrogens (tertiary/aromatic N) is 2. The van der Waals surface area contributed by atoms with Crippen LogP contribution < -0.4 is 0 Å². The van der Waals surface area contributed by atoms with Crippen LogP contribution in [-0.2, 0) is 16.6 Å². The molecule has 0 aliphatic carbocycles. The van der Waals surface area contributed by atoms with E-state index in [4.69, 9.17) is 23.2 Å². The molecular formula is C17H16Cl2F2N2O2S. The fraction of sp³-hybridized carbons (Fsp3) is 0.294. The van der Waals surface area contributed by atoms with Gasteiger partial charge in [0.1, 0.15) is 16.5 Å². The lowest BCUT2D eigenvalue weighted by atomic mass is 10.2. The van der Waals surface area contributed by atoms with Gasteiger partial charge in [-0.15, -0.1) is 0 Å². The van der Waals surface area contributed by atoms with E-state index in [2.05, 4.69) is 0 Å². The fourth-order valence-corrected chi connectivity index (χ4v) is 4.84. The first-order valence-corrected chi connectivity index (χ1v) is 10.1. The van der Waals surface area contributed by atoms with Crippen molar-refractivity contribution in [2.45, 2.75) is 11.4 Å². The Balaban J connectivity index is 1.70. The summed E-state index contributed by atoms with van der Waals surface area (Å²) >= 11 is 12.3. The van der Waals surface area contributed by atoms with E-state index in [1.807, 2.05) is 4.90 Å². The van der Waals surface area contributed by atoms with E-state index in [-0.39, 0.29) is 13.1 Å². The molecule has 2 aromatic rings. The second-order valence-electron chi connectivity index (χ2n) is 5.96. The molecule has 1 fully saturated rings. The Hall–Kier alpha value is -1.25. The van der Waals surface area contributed by atoms with E-state index in [0.717, 1.165) is 17.7 Å². The van der Waals surface area contributed by atoms with Crippen molar-refractivity contribution in [3.8, 4) is 0 Å². The summed E-state index contributed by atoms with van der Waals surface area (Å²) in [6.07, 6.45) is 0. The van der Waals surface area contributed by atoms with Gasteiger partial charge in [-0.1, -0.05) is 29.3 Å². The van der Waals surface area contributed by atoms with Gasteiger partial charge in [0.25, 0.3) is 0 Å². The number of halogens is 4. The van der Waals surface area contributed by atoms with Gasteiger partial charge in [0.2, 0.25) is 10.0 Å². The normalized spacial score (nSPS) is 16.8. The molecule has 0 saturated carbocycles. The largest absolute Gasteiger partial charge is 0.296 e. The van der Waals surface area contributed by atoms with Gasteiger partial charge in [0.15, 0.2) is 0 Å². The molecule has 140 valence electrons. The van der Waals surface area contributed by atoms with E-state index in [1.165, 1.54) is 4.31 Å². The van der Waals surface area contributed by atoms with Crippen LogP contribution in [0.5, 0.6) is 0 Å². The van der Waals surface area contributed by atoms with Crippen molar-refractivity contribution in [3.05, 3.63) is 63.6 Å². The van der Waals surface area contributed by atoms with Gasteiger partial charge in [-0.25, -0.2) is 17.2 Å². The quantitative estimate of drug-likeness (QED) is 0.755. The zero-order valence-corrected chi connectivity index (χ0v) is 16.0. The molecule has 9 heteroatoms. The summed E-state index contributed by atoms with van der Waals surface area (Å²) in [5, 5.41) is 1.11. The highest BCUT2D eigenvalue weighted by Crippen LogP contribution is 2.27. The smallest absolute Gasteiger partial charge is 0.246 e. The van der Waals surface area contributed by atoms with Crippen molar-refractivity contribution in [1.29, 1.82) is 0 Å². The molecule has 3 rings (SSSR count). The van der Waals surface area contributed by atoms with Crippen LogP contribution in [0.2, 0.25) is 10.0 Å². The fourth-order valence-electron chi connectivity index (χ4n) is 2.86. The van der Waals surface area contributed by atoms with E-state index in [9.17, 15) is 17.2 Å². The SMILES string of the molecule is O=S(=O)(c1ccc(F)cc1F)N1CCN(Cc2c(Cl)cccc2Cl)CC1. The summed E-state index contributed by atoms with van der Waals surface area (Å²) < 4.78 is 53.3. The van der Waals surface area contributed by atoms with E-state index in [0.29, 0.717) is 35.7 Å². The van der Waals surface area contributed by atoms with Crippen LogP contribution in [0.3, 0.4) is 0 Å². The van der Waals surface area contributed by atoms with Gasteiger partial charge in [0.05, 0.1) is 0 Å². The average molecular weight is 421 g/mol. The second-order valence-corrected chi connectivity index (χ2v) is 8.68. The van der Waals surface area contributed by atoms with E-state index >= 15 is 0 Å². The third kappa shape index (κ3) is 4.02.